The Morgan fingerprint density at radius 1 is 1.18 bits per heavy atom. The monoisotopic (exact) mass is 374 g/mol. The van der Waals surface area contributed by atoms with Gasteiger partial charge in [0.25, 0.3) is 0 Å². The van der Waals surface area contributed by atoms with Crippen LogP contribution in [-0.2, 0) is 10.2 Å². The molecule has 0 fully saturated rings. The first kappa shape index (κ1) is 18.4. The van der Waals surface area contributed by atoms with Crippen LogP contribution in [0.2, 0.25) is 0 Å². The molecule has 3 aromatic rings. The van der Waals surface area contributed by atoms with E-state index < -0.39 is 0 Å². The van der Waals surface area contributed by atoms with E-state index in [0.29, 0.717) is 12.4 Å². The van der Waals surface area contributed by atoms with Crippen LogP contribution in [0, 0.1) is 0 Å². The lowest BCUT2D eigenvalue weighted by Gasteiger charge is -2.29. The molecule has 4 rings (SSSR count). The standard InChI is InChI=1S/C24H26N2O2/c1-6-27-16(2)18-9-12-20-21(15-18)28-23(26-14-13-25-22(20)26)17-7-10-19(11-8-17)24(3,4)5/h7-15,23H,2,6H2,1,3-5H3. The van der Waals surface area contributed by atoms with Gasteiger partial charge in [0, 0.05) is 23.5 Å². The molecule has 1 aliphatic heterocycles. The smallest absolute Gasteiger partial charge is 0.203 e. The van der Waals surface area contributed by atoms with Gasteiger partial charge in [-0.3, -0.25) is 4.57 Å². The van der Waals surface area contributed by atoms with Crippen molar-refractivity contribution in [3.8, 4) is 17.1 Å². The molecule has 1 unspecified atom stereocenters. The van der Waals surface area contributed by atoms with E-state index in [9.17, 15) is 0 Å². The number of aromatic nitrogens is 2. The molecule has 0 bridgehead atoms. The molecule has 1 aromatic heterocycles. The second-order valence-corrected chi connectivity index (χ2v) is 8.07. The lowest BCUT2D eigenvalue weighted by Crippen LogP contribution is -2.22. The summed E-state index contributed by atoms with van der Waals surface area (Å²) in [7, 11) is 0. The molecule has 1 atom stereocenters. The molecule has 4 nitrogen and oxygen atoms in total. The first-order valence-corrected chi connectivity index (χ1v) is 9.65. The van der Waals surface area contributed by atoms with Crippen molar-refractivity contribution < 1.29 is 9.47 Å². The molecule has 2 heterocycles. The Hall–Kier alpha value is -3.01. The van der Waals surface area contributed by atoms with Gasteiger partial charge in [-0.05, 0) is 30.0 Å². The molecule has 0 radical (unpaired) electrons. The molecular formula is C24H26N2O2. The highest BCUT2D eigenvalue weighted by molar-refractivity contribution is 5.71. The lowest BCUT2D eigenvalue weighted by atomic mass is 9.86. The van der Waals surface area contributed by atoms with Gasteiger partial charge in [0.05, 0.1) is 12.2 Å². The van der Waals surface area contributed by atoms with E-state index in [-0.39, 0.29) is 11.6 Å². The quantitative estimate of drug-likeness (QED) is 0.542. The van der Waals surface area contributed by atoms with Crippen LogP contribution in [0.4, 0.5) is 0 Å². The number of hydrogen-bond donors (Lipinski definition) is 0. The third-order valence-corrected chi connectivity index (χ3v) is 5.08. The zero-order chi connectivity index (χ0) is 19.9. The summed E-state index contributed by atoms with van der Waals surface area (Å²) in [5, 5.41) is 0. The van der Waals surface area contributed by atoms with E-state index in [1.807, 2.05) is 37.5 Å². The second kappa shape index (κ2) is 6.86. The van der Waals surface area contributed by atoms with Crippen molar-refractivity contribution >= 4 is 5.76 Å². The van der Waals surface area contributed by atoms with Crippen LogP contribution in [0.1, 0.15) is 50.6 Å². The molecule has 0 saturated carbocycles. The molecule has 0 amide bonds. The van der Waals surface area contributed by atoms with E-state index in [2.05, 4.69) is 61.2 Å². The Bertz CT molecular complexity index is 1010. The minimum atomic E-state index is -0.255. The summed E-state index contributed by atoms with van der Waals surface area (Å²) in [4.78, 5) is 4.57. The van der Waals surface area contributed by atoms with Crippen LogP contribution < -0.4 is 4.74 Å². The average molecular weight is 374 g/mol. The van der Waals surface area contributed by atoms with Crippen LogP contribution in [0.5, 0.6) is 5.75 Å². The number of nitrogens with zero attached hydrogens (tertiary/aromatic N) is 2. The molecule has 0 saturated heterocycles. The second-order valence-electron chi connectivity index (χ2n) is 8.07. The van der Waals surface area contributed by atoms with Gasteiger partial charge in [0.2, 0.25) is 6.23 Å². The van der Waals surface area contributed by atoms with Crippen LogP contribution >= 0.6 is 0 Å². The maximum atomic E-state index is 6.42. The Morgan fingerprint density at radius 2 is 1.93 bits per heavy atom. The number of imidazole rings is 1. The summed E-state index contributed by atoms with van der Waals surface area (Å²) >= 11 is 0. The van der Waals surface area contributed by atoms with Gasteiger partial charge in [-0.2, -0.15) is 0 Å². The molecule has 4 heteroatoms. The summed E-state index contributed by atoms with van der Waals surface area (Å²) in [6, 6.07) is 14.6. The zero-order valence-electron chi connectivity index (χ0n) is 16.9. The summed E-state index contributed by atoms with van der Waals surface area (Å²) < 4.78 is 14.1. The molecule has 144 valence electrons. The van der Waals surface area contributed by atoms with E-state index in [4.69, 9.17) is 9.47 Å². The fourth-order valence-corrected chi connectivity index (χ4v) is 3.50. The highest BCUT2D eigenvalue weighted by Crippen LogP contribution is 2.41. The Morgan fingerprint density at radius 3 is 2.61 bits per heavy atom. The predicted octanol–water partition coefficient (Wildman–Crippen LogP) is 5.79. The maximum Gasteiger partial charge on any atom is 0.203 e. The van der Waals surface area contributed by atoms with E-state index in [1.54, 1.807) is 0 Å². The normalized spacial score (nSPS) is 15.4. The molecule has 0 aliphatic carbocycles. The van der Waals surface area contributed by atoms with Crippen molar-refractivity contribution in [1.29, 1.82) is 0 Å². The molecule has 0 N–H and O–H groups in total. The van der Waals surface area contributed by atoms with Crippen molar-refractivity contribution in [2.45, 2.75) is 39.3 Å². The van der Waals surface area contributed by atoms with Crippen molar-refractivity contribution in [2.75, 3.05) is 6.61 Å². The highest BCUT2D eigenvalue weighted by Gasteiger charge is 2.28. The third-order valence-electron chi connectivity index (χ3n) is 5.08. The molecule has 2 aromatic carbocycles. The van der Waals surface area contributed by atoms with E-state index >= 15 is 0 Å². The number of fused-ring (bicyclic) bond motifs is 3. The van der Waals surface area contributed by atoms with Gasteiger partial charge in [0.15, 0.2) is 0 Å². The van der Waals surface area contributed by atoms with Crippen molar-refractivity contribution in [3.63, 3.8) is 0 Å². The van der Waals surface area contributed by atoms with Gasteiger partial charge in [-0.1, -0.05) is 57.7 Å². The molecule has 0 spiro atoms. The van der Waals surface area contributed by atoms with Gasteiger partial charge in [-0.15, -0.1) is 0 Å². The lowest BCUT2D eigenvalue weighted by molar-refractivity contribution is 0.168. The molecule has 28 heavy (non-hydrogen) atoms. The first-order chi connectivity index (χ1) is 13.4. The number of ether oxygens (including phenoxy) is 2. The SMILES string of the molecule is C=C(OCC)c1ccc2c(c1)OC(c1ccc(C(C)(C)C)cc1)n1ccnc1-2. The van der Waals surface area contributed by atoms with Crippen molar-refractivity contribution in [2.24, 2.45) is 0 Å². The fourth-order valence-electron chi connectivity index (χ4n) is 3.50. The van der Waals surface area contributed by atoms with Gasteiger partial charge in [0.1, 0.15) is 17.3 Å². The van der Waals surface area contributed by atoms with Crippen molar-refractivity contribution in [1.82, 2.24) is 9.55 Å². The van der Waals surface area contributed by atoms with Crippen molar-refractivity contribution in [3.05, 3.63) is 78.1 Å². The van der Waals surface area contributed by atoms with Gasteiger partial charge >= 0.3 is 0 Å². The van der Waals surface area contributed by atoms with Gasteiger partial charge in [-0.25, -0.2) is 4.98 Å². The Balaban J connectivity index is 1.73. The minimum Gasteiger partial charge on any atom is -0.494 e. The molecule has 1 aliphatic rings. The summed E-state index contributed by atoms with van der Waals surface area (Å²) in [5.74, 6) is 2.34. The molecular weight excluding hydrogens is 348 g/mol. The highest BCUT2D eigenvalue weighted by atomic mass is 16.5. The van der Waals surface area contributed by atoms with Crippen LogP contribution in [-0.4, -0.2) is 16.2 Å². The fraction of sp³-hybridized carbons (Fsp3) is 0.292. The minimum absolute atomic E-state index is 0.118. The predicted molar refractivity (Wildman–Crippen MR) is 112 cm³/mol. The summed E-state index contributed by atoms with van der Waals surface area (Å²) in [6.45, 7) is 13.2. The van der Waals surface area contributed by atoms with Crippen LogP contribution in [0.25, 0.3) is 17.1 Å². The van der Waals surface area contributed by atoms with Crippen LogP contribution in [0.3, 0.4) is 0 Å². The Kier molecular flexibility index (Phi) is 4.50. The summed E-state index contributed by atoms with van der Waals surface area (Å²) in [5.41, 5.74) is 4.40. The summed E-state index contributed by atoms with van der Waals surface area (Å²) in [6.07, 6.45) is 3.53. The number of benzene rings is 2. The van der Waals surface area contributed by atoms with E-state index in [0.717, 1.165) is 28.3 Å². The third kappa shape index (κ3) is 3.19. The Labute approximate surface area is 166 Å². The van der Waals surface area contributed by atoms with Crippen LogP contribution in [0.15, 0.2) is 61.4 Å². The topological polar surface area (TPSA) is 36.3 Å². The largest absolute Gasteiger partial charge is 0.494 e. The first-order valence-electron chi connectivity index (χ1n) is 9.65. The van der Waals surface area contributed by atoms with Gasteiger partial charge < -0.3 is 9.47 Å². The zero-order valence-corrected chi connectivity index (χ0v) is 16.9. The average Bonchev–Trinajstić information content (AvgIpc) is 3.16. The van der Waals surface area contributed by atoms with E-state index in [1.165, 1.54) is 5.56 Å². The number of rotatable bonds is 4. The maximum absolute atomic E-state index is 6.42. The number of hydrogen-bond acceptors (Lipinski definition) is 3.